The first-order valence-electron chi connectivity index (χ1n) is 6.21. The van der Waals surface area contributed by atoms with Crippen LogP contribution >= 0.6 is 34.2 Å². The Hall–Kier alpha value is -0.680. The van der Waals surface area contributed by atoms with Gasteiger partial charge >= 0.3 is 0 Å². The van der Waals surface area contributed by atoms with E-state index in [4.69, 9.17) is 16.6 Å². The van der Waals surface area contributed by atoms with Crippen molar-refractivity contribution in [3.63, 3.8) is 0 Å². The van der Waals surface area contributed by atoms with Crippen molar-refractivity contribution in [2.45, 2.75) is 33.6 Å². The van der Waals surface area contributed by atoms with Crippen LogP contribution in [0.4, 0.5) is 0 Å². The first kappa shape index (κ1) is 14.7. The third-order valence-electron chi connectivity index (χ3n) is 3.09. The fourth-order valence-corrected chi connectivity index (χ4v) is 3.14. The zero-order valence-electron chi connectivity index (χ0n) is 11.5. The molecule has 0 bridgehead atoms. The predicted octanol–water partition coefficient (Wildman–Crippen LogP) is 5.14. The van der Waals surface area contributed by atoms with E-state index >= 15 is 0 Å². The van der Waals surface area contributed by atoms with Gasteiger partial charge in [0.1, 0.15) is 5.15 Å². The van der Waals surface area contributed by atoms with Crippen LogP contribution in [0.2, 0.25) is 5.15 Å². The minimum Gasteiger partial charge on any atom is -0.232 e. The topological polar surface area (TPSA) is 25.8 Å². The summed E-state index contributed by atoms with van der Waals surface area (Å²) < 4.78 is 0.948. The third kappa shape index (κ3) is 2.92. The molecule has 2 rings (SSSR count). The van der Waals surface area contributed by atoms with E-state index in [1.54, 1.807) is 0 Å². The summed E-state index contributed by atoms with van der Waals surface area (Å²) in [5.41, 5.74) is 4.44. The Labute approximate surface area is 132 Å². The molecule has 0 amide bonds. The van der Waals surface area contributed by atoms with Gasteiger partial charge in [-0.3, -0.25) is 0 Å². The Balaban J connectivity index is 2.70. The number of hydrogen-bond acceptors (Lipinski definition) is 2. The normalized spacial score (nSPS) is 11.1. The van der Waals surface area contributed by atoms with E-state index in [1.807, 2.05) is 6.07 Å². The first-order chi connectivity index (χ1) is 8.91. The van der Waals surface area contributed by atoms with Gasteiger partial charge in [0.2, 0.25) is 0 Å². The lowest BCUT2D eigenvalue weighted by Crippen LogP contribution is -2.04. The lowest BCUT2D eigenvalue weighted by Gasteiger charge is -2.13. The van der Waals surface area contributed by atoms with Gasteiger partial charge in [-0.1, -0.05) is 43.6 Å². The number of benzene rings is 1. The number of halogens is 2. The number of aryl methyl sites for hydroxylation is 2. The summed E-state index contributed by atoms with van der Waals surface area (Å²) in [7, 11) is 0. The molecular formula is C15H16ClIN2. The van der Waals surface area contributed by atoms with E-state index in [1.165, 1.54) is 11.1 Å². The van der Waals surface area contributed by atoms with Gasteiger partial charge in [-0.2, -0.15) is 0 Å². The van der Waals surface area contributed by atoms with Crippen molar-refractivity contribution < 1.29 is 0 Å². The standard InChI is InChI=1S/C15H16ClIN2/c1-8(2)13-12(17)14(16)19-15(18-13)11-9(3)6-5-7-10(11)4/h5-8H,1-4H3. The average molecular weight is 387 g/mol. The predicted molar refractivity (Wildman–Crippen MR) is 88.8 cm³/mol. The molecule has 0 spiro atoms. The van der Waals surface area contributed by atoms with Gasteiger partial charge in [0, 0.05) is 5.56 Å². The van der Waals surface area contributed by atoms with Crippen molar-refractivity contribution in [2.24, 2.45) is 0 Å². The number of nitrogens with zero attached hydrogens (tertiary/aromatic N) is 2. The molecule has 0 N–H and O–H groups in total. The van der Waals surface area contributed by atoms with Crippen molar-refractivity contribution in [3.8, 4) is 11.4 Å². The highest BCUT2D eigenvalue weighted by molar-refractivity contribution is 14.1. The fraction of sp³-hybridized carbons (Fsp3) is 0.333. The molecule has 2 nitrogen and oxygen atoms in total. The summed E-state index contributed by atoms with van der Waals surface area (Å²) in [5.74, 6) is 1.06. The molecule has 0 aliphatic heterocycles. The molecule has 2 aromatic rings. The van der Waals surface area contributed by atoms with Crippen molar-refractivity contribution in [3.05, 3.63) is 43.7 Å². The molecule has 0 atom stereocenters. The molecule has 0 aliphatic carbocycles. The second-order valence-electron chi connectivity index (χ2n) is 4.96. The van der Waals surface area contributed by atoms with E-state index in [2.05, 4.69) is 67.4 Å². The smallest absolute Gasteiger partial charge is 0.161 e. The molecule has 0 saturated heterocycles. The zero-order chi connectivity index (χ0) is 14.2. The van der Waals surface area contributed by atoms with E-state index in [-0.39, 0.29) is 0 Å². The number of aromatic nitrogens is 2. The van der Waals surface area contributed by atoms with Crippen molar-refractivity contribution in [2.75, 3.05) is 0 Å². The highest BCUT2D eigenvalue weighted by Crippen LogP contribution is 2.30. The van der Waals surface area contributed by atoms with Crippen LogP contribution in [0.1, 0.15) is 36.6 Å². The van der Waals surface area contributed by atoms with Crippen LogP contribution in [0.15, 0.2) is 18.2 Å². The Bertz CT molecular complexity index is 604. The Morgan fingerprint density at radius 2 is 1.68 bits per heavy atom. The highest BCUT2D eigenvalue weighted by Gasteiger charge is 2.16. The molecule has 1 aromatic heterocycles. The summed E-state index contributed by atoms with van der Waals surface area (Å²) in [5, 5.41) is 0.539. The molecule has 19 heavy (non-hydrogen) atoms. The quantitative estimate of drug-likeness (QED) is 0.527. The van der Waals surface area contributed by atoms with Crippen LogP contribution < -0.4 is 0 Å². The van der Waals surface area contributed by atoms with Crippen molar-refractivity contribution in [1.29, 1.82) is 0 Å². The number of hydrogen-bond donors (Lipinski definition) is 0. The molecule has 1 aromatic carbocycles. The van der Waals surface area contributed by atoms with Crippen LogP contribution in [-0.4, -0.2) is 9.97 Å². The maximum absolute atomic E-state index is 6.26. The molecule has 0 radical (unpaired) electrons. The van der Waals surface area contributed by atoms with Gasteiger partial charge < -0.3 is 0 Å². The lowest BCUT2D eigenvalue weighted by atomic mass is 10.0. The van der Waals surface area contributed by atoms with Gasteiger partial charge in [0.05, 0.1) is 9.26 Å². The summed E-state index contributed by atoms with van der Waals surface area (Å²) in [6.45, 7) is 8.39. The van der Waals surface area contributed by atoms with Gasteiger partial charge in [-0.05, 0) is 53.5 Å². The lowest BCUT2D eigenvalue weighted by molar-refractivity contribution is 0.808. The van der Waals surface area contributed by atoms with Crippen molar-refractivity contribution in [1.82, 2.24) is 9.97 Å². The summed E-state index contributed by atoms with van der Waals surface area (Å²) in [6, 6.07) is 6.20. The maximum atomic E-state index is 6.26. The molecule has 0 aliphatic rings. The highest BCUT2D eigenvalue weighted by atomic mass is 127. The Kier molecular flexibility index (Phi) is 4.46. The van der Waals surface area contributed by atoms with Gasteiger partial charge in [0.15, 0.2) is 5.82 Å². The van der Waals surface area contributed by atoms with Crippen molar-refractivity contribution >= 4 is 34.2 Å². The third-order valence-corrected chi connectivity index (χ3v) is 4.74. The van der Waals surface area contributed by atoms with Gasteiger partial charge in [-0.25, -0.2) is 9.97 Å². The average Bonchev–Trinajstić information content (AvgIpc) is 2.32. The van der Waals surface area contributed by atoms with E-state index in [0.717, 1.165) is 20.7 Å². The molecule has 1 heterocycles. The molecule has 0 unspecified atom stereocenters. The molecular weight excluding hydrogens is 371 g/mol. The largest absolute Gasteiger partial charge is 0.232 e. The summed E-state index contributed by atoms with van der Waals surface area (Å²) in [6.07, 6.45) is 0. The van der Waals surface area contributed by atoms with E-state index in [0.29, 0.717) is 11.1 Å². The maximum Gasteiger partial charge on any atom is 0.161 e. The zero-order valence-corrected chi connectivity index (χ0v) is 14.4. The first-order valence-corrected chi connectivity index (χ1v) is 7.67. The van der Waals surface area contributed by atoms with E-state index < -0.39 is 0 Å². The Morgan fingerprint density at radius 3 is 2.21 bits per heavy atom. The van der Waals surface area contributed by atoms with Crippen LogP contribution in [0.5, 0.6) is 0 Å². The van der Waals surface area contributed by atoms with Crippen LogP contribution in [0.3, 0.4) is 0 Å². The molecule has 0 fully saturated rings. The van der Waals surface area contributed by atoms with Crippen LogP contribution in [-0.2, 0) is 0 Å². The SMILES string of the molecule is Cc1cccc(C)c1-c1nc(Cl)c(I)c(C(C)C)n1. The van der Waals surface area contributed by atoms with Crippen LogP contribution in [0.25, 0.3) is 11.4 Å². The molecule has 100 valence electrons. The minimum atomic E-state index is 0.329. The monoisotopic (exact) mass is 386 g/mol. The fourth-order valence-electron chi connectivity index (χ4n) is 2.10. The van der Waals surface area contributed by atoms with Crippen LogP contribution in [0, 0.1) is 17.4 Å². The van der Waals surface area contributed by atoms with Gasteiger partial charge in [-0.15, -0.1) is 0 Å². The summed E-state index contributed by atoms with van der Waals surface area (Å²) in [4.78, 5) is 9.18. The minimum absolute atomic E-state index is 0.329. The number of rotatable bonds is 2. The Morgan fingerprint density at radius 1 is 1.11 bits per heavy atom. The second-order valence-corrected chi connectivity index (χ2v) is 6.40. The van der Waals surface area contributed by atoms with E-state index in [9.17, 15) is 0 Å². The second kappa shape index (κ2) is 5.75. The summed E-state index contributed by atoms with van der Waals surface area (Å²) >= 11 is 8.48. The molecule has 0 saturated carbocycles. The van der Waals surface area contributed by atoms with Gasteiger partial charge in [0.25, 0.3) is 0 Å². The molecule has 4 heteroatoms.